The molecule has 2 nitrogen and oxygen atoms in total. The van der Waals surface area contributed by atoms with Crippen molar-refractivity contribution in [2.75, 3.05) is 0 Å². The molecule has 0 saturated heterocycles. The molecule has 4 saturated carbocycles. The zero-order valence-electron chi connectivity index (χ0n) is 19.9. The zero-order chi connectivity index (χ0) is 21.8. The van der Waals surface area contributed by atoms with Gasteiger partial charge in [0.2, 0.25) is 0 Å². The third-order valence-electron chi connectivity index (χ3n) is 10.2. The molecule has 5 rings (SSSR count). The van der Waals surface area contributed by atoms with E-state index >= 15 is 0 Å². The molecular formula is C29H40O2. The Bertz CT molecular complexity index is 857. The summed E-state index contributed by atoms with van der Waals surface area (Å²) < 4.78 is 6.09. The summed E-state index contributed by atoms with van der Waals surface area (Å²) in [6.45, 7) is 9.12. The first-order valence-corrected chi connectivity index (χ1v) is 12.7. The minimum atomic E-state index is -0.134. The molecule has 0 amide bonds. The highest BCUT2D eigenvalue weighted by Gasteiger charge is 2.62. The van der Waals surface area contributed by atoms with E-state index in [9.17, 15) is 4.79 Å². The van der Waals surface area contributed by atoms with Crippen LogP contribution in [-0.2, 0) is 9.53 Å². The summed E-state index contributed by atoms with van der Waals surface area (Å²) in [5.74, 6) is 3.97. The van der Waals surface area contributed by atoms with E-state index in [4.69, 9.17) is 4.74 Å². The summed E-state index contributed by atoms with van der Waals surface area (Å²) in [4.78, 5) is 12.1. The molecule has 168 valence electrons. The molecule has 0 N–H and O–H groups in total. The molecular weight excluding hydrogens is 380 g/mol. The molecule has 31 heavy (non-hydrogen) atoms. The molecule has 0 bridgehead atoms. The summed E-state index contributed by atoms with van der Waals surface area (Å²) >= 11 is 0. The predicted molar refractivity (Wildman–Crippen MR) is 126 cm³/mol. The van der Waals surface area contributed by atoms with Crippen molar-refractivity contribution in [3.8, 4) is 0 Å². The van der Waals surface area contributed by atoms with Crippen LogP contribution in [0.1, 0.15) is 84.6 Å². The lowest BCUT2D eigenvalue weighted by molar-refractivity contribution is -0.159. The number of carbonyl (C=O) groups excluding carboxylic acids is 1. The van der Waals surface area contributed by atoms with Crippen molar-refractivity contribution in [2.45, 2.75) is 85.2 Å². The van der Waals surface area contributed by atoms with Crippen molar-refractivity contribution < 1.29 is 9.53 Å². The number of carbonyl (C=O) groups is 1. The van der Waals surface area contributed by atoms with Crippen molar-refractivity contribution in [3.63, 3.8) is 0 Å². The summed E-state index contributed by atoms with van der Waals surface area (Å²) in [7, 11) is 0. The van der Waals surface area contributed by atoms with Crippen LogP contribution >= 0.6 is 0 Å². The van der Waals surface area contributed by atoms with Crippen molar-refractivity contribution in [1.82, 2.24) is 0 Å². The highest BCUT2D eigenvalue weighted by Crippen LogP contribution is 2.67. The molecule has 8 atom stereocenters. The minimum absolute atomic E-state index is 0.0620. The summed E-state index contributed by atoms with van der Waals surface area (Å²) in [5.41, 5.74) is 3.18. The van der Waals surface area contributed by atoms with E-state index in [0.29, 0.717) is 11.3 Å². The van der Waals surface area contributed by atoms with Crippen molar-refractivity contribution in [2.24, 2.45) is 40.4 Å². The van der Waals surface area contributed by atoms with Crippen LogP contribution in [0, 0.1) is 40.4 Å². The lowest BCUT2D eigenvalue weighted by Crippen LogP contribution is -2.54. The Morgan fingerprint density at radius 3 is 2.48 bits per heavy atom. The molecule has 0 spiro atoms. The highest BCUT2D eigenvalue weighted by molar-refractivity contribution is 5.67. The molecule has 0 heterocycles. The first kappa shape index (κ1) is 21.3. The van der Waals surface area contributed by atoms with Crippen molar-refractivity contribution in [1.29, 1.82) is 0 Å². The number of esters is 1. The largest absolute Gasteiger partial charge is 0.457 e. The van der Waals surface area contributed by atoms with Gasteiger partial charge in [-0.3, -0.25) is 4.79 Å². The third-order valence-corrected chi connectivity index (χ3v) is 10.2. The fourth-order valence-corrected chi connectivity index (χ4v) is 8.59. The van der Waals surface area contributed by atoms with Gasteiger partial charge in [-0.15, -0.1) is 0 Å². The monoisotopic (exact) mass is 420 g/mol. The van der Waals surface area contributed by atoms with Crippen molar-refractivity contribution >= 4 is 12.0 Å². The van der Waals surface area contributed by atoms with Gasteiger partial charge in [0.25, 0.3) is 0 Å². The Labute approximate surface area is 188 Å². The van der Waals surface area contributed by atoms with Gasteiger partial charge in [0.15, 0.2) is 0 Å². The minimum Gasteiger partial charge on any atom is -0.457 e. The number of benzene rings is 1. The quantitative estimate of drug-likeness (QED) is 0.470. The van der Waals surface area contributed by atoms with Gasteiger partial charge in [0.05, 0.1) is 0 Å². The molecule has 4 fully saturated rings. The maximum atomic E-state index is 12.1. The van der Waals surface area contributed by atoms with E-state index in [1.165, 1.54) is 56.1 Å². The average Bonchev–Trinajstić information content (AvgIpc) is 3.00. The molecule has 0 unspecified atom stereocenters. The molecule has 0 radical (unpaired) electrons. The van der Waals surface area contributed by atoms with Gasteiger partial charge >= 0.3 is 5.97 Å². The van der Waals surface area contributed by atoms with Crippen LogP contribution in [-0.4, -0.2) is 12.1 Å². The van der Waals surface area contributed by atoms with Crippen LogP contribution in [0.4, 0.5) is 0 Å². The Hall–Kier alpha value is -1.57. The maximum Gasteiger partial charge on any atom is 0.303 e. The van der Waals surface area contributed by atoms with Crippen molar-refractivity contribution in [3.05, 3.63) is 41.5 Å². The van der Waals surface area contributed by atoms with Crippen LogP contribution < -0.4 is 0 Å². The molecule has 1 aromatic carbocycles. The van der Waals surface area contributed by atoms with E-state index in [2.05, 4.69) is 57.2 Å². The van der Waals surface area contributed by atoms with Crippen LogP contribution in [0.2, 0.25) is 0 Å². The smallest absolute Gasteiger partial charge is 0.303 e. The fraction of sp³-hybridized carbons (Fsp3) is 0.690. The first-order valence-electron chi connectivity index (χ1n) is 12.7. The SMILES string of the molecule is CC(=O)O[C@@H]1/C(=C/c2ccccc2)C[C@@H]2[C@H]3CC[C@H]4C[C@@H](C)CC[C@@]4(C)[C@@H]3CC[C@@]12C. The van der Waals surface area contributed by atoms with E-state index in [1.54, 1.807) is 6.92 Å². The fourth-order valence-electron chi connectivity index (χ4n) is 8.59. The summed E-state index contributed by atoms with van der Waals surface area (Å²) in [6, 6.07) is 10.6. The van der Waals surface area contributed by atoms with E-state index in [1.807, 2.05) is 0 Å². The summed E-state index contributed by atoms with van der Waals surface area (Å²) in [5, 5.41) is 0. The number of rotatable bonds is 2. The molecule has 4 aliphatic rings. The van der Waals surface area contributed by atoms with Gasteiger partial charge < -0.3 is 4.74 Å². The zero-order valence-corrected chi connectivity index (χ0v) is 19.9. The topological polar surface area (TPSA) is 26.3 Å². The van der Waals surface area contributed by atoms with Gasteiger partial charge in [-0.2, -0.15) is 0 Å². The standard InChI is InChI=1S/C29H40O2/c1-19-12-14-28(3)23(16-19)10-11-24-25(28)13-15-29(4)26(24)18-22(27(29)31-20(2)30)17-21-8-6-5-7-9-21/h5-9,17,19,23-27H,10-16,18H2,1-4H3/b22-17+/t19-,23-,24-,25+,26+,27+,28+,29+/m0/s1. The second-order valence-corrected chi connectivity index (χ2v) is 11.9. The molecule has 2 heteroatoms. The second kappa shape index (κ2) is 7.78. The lowest BCUT2D eigenvalue weighted by atomic mass is 9.44. The van der Waals surface area contributed by atoms with Crippen LogP contribution in [0.25, 0.3) is 6.08 Å². The van der Waals surface area contributed by atoms with Gasteiger partial charge in [0.1, 0.15) is 6.10 Å². The Balaban J connectivity index is 1.48. The molecule has 1 aromatic rings. The number of ether oxygens (including phenoxy) is 1. The van der Waals surface area contributed by atoms with Gasteiger partial charge in [-0.1, -0.05) is 63.6 Å². The highest BCUT2D eigenvalue weighted by atomic mass is 16.5. The van der Waals surface area contributed by atoms with Gasteiger partial charge in [0, 0.05) is 12.3 Å². The molecule has 0 aromatic heterocycles. The Kier molecular flexibility index (Phi) is 5.34. The van der Waals surface area contributed by atoms with Gasteiger partial charge in [-0.05, 0) is 91.1 Å². The second-order valence-electron chi connectivity index (χ2n) is 11.9. The summed E-state index contributed by atoms with van der Waals surface area (Å²) in [6.07, 6.45) is 12.9. The number of fused-ring (bicyclic) bond motifs is 5. The van der Waals surface area contributed by atoms with Gasteiger partial charge in [-0.25, -0.2) is 0 Å². The maximum absolute atomic E-state index is 12.1. The molecule has 0 aliphatic heterocycles. The number of hydrogen-bond acceptors (Lipinski definition) is 2. The molecule has 4 aliphatic carbocycles. The van der Waals surface area contributed by atoms with E-state index < -0.39 is 0 Å². The lowest BCUT2D eigenvalue weighted by Gasteiger charge is -2.60. The first-order chi connectivity index (χ1) is 14.8. The van der Waals surface area contributed by atoms with Crippen LogP contribution in [0.5, 0.6) is 0 Å². The van der Waals surface area contributed by atoms with Crippen LogP contribution in [0.3, 0.4) is 0 Å². The van der Waals surface area contributed by atoms with E-state index in [0.717, 1.165) is 30.1 Å². The predicted octanol–water partition coefficient (Wildman–Crippen LogP) is 7.29. The van der Waals surface area contributed by atoms with E-state index in [-0.39, 0.29) is 17.5 Å². The Morgan fingerprint density at radius 1 is 1.00 bits per heavy atom. The normalized spacial score (nSPS) is 45.5. The third kappa shape index (κ3) is 3.49. The number of hydrogen-bond donors (Lipinski definition) is 0. The van der Waals surface area contributed by atoms with Crippen LogP contribution in [0.15, 0.2) is 35.9 Å². The average molecular weight is 421 g/mol. The Morgan fingerprint density at radius 2 is 1.74 bits per heavy atom.